The number of fused-ring (bicyclic) bond motifs is 2. The van der Waals surface area contributed by atoms with Crippen LogP contribution >= 0.6 is 0 Å². The molecule has 4 aromatic rings. The molecule has 0 N–H and O–H groups in total. The van der Waals surface area contributed by atoms with Gasteiger partial charge in [-0.2, -0.15) is 0 Å². The number of piperazine rings is 1. The largest absolute Gasteiger partial charge is 0.494 e. The number of pyridine rings is 1. The number of ketones is 1. The third kappa shape index (κ3) is 4.22. The number of nitrogens with zero attached hydrogens (tertiary/aromatic N) is 3. The summed E-state index contributed by atoms with van der Waals surface area (Å²) in [6.45, 7) is 5.15. The van der Waals surface area contributed by atoms with Crippen LogP contribution in [0.3, 0.4) is 0 Å². The molecule has 1 aliphatic carbocycles. The van der Waals surface area contributed by atoms with Gasteiger partial charge in [0.25, 0.3) is 0 Å². The molecule has 0 bridgehead atoms. The summed E-state index contributed by atoms with van der Waals surface area (Å²) < 4.78 is 20.1. The summed E-state index contributed by atoms with van der Waals surface area (Å²) >= 11 is 0. The molecule has 1 saturated heterocycles. The third-order valence-corrected chi connectivity index (χ3v) is 7.21. The van der Waals surface area contributed by atoms with Crippen LogP contribution in [0, 0.1) is 5.82 Å². The molecule has 6 rings (SSSR count). The van der Waals surface area contributed by atoms with Gasteiger partial charge in [-0.05, 0) is 55.1 Å². The molecule has 1 aromatic heterocycles. The molecular formula is C30H28FN3O2. The van der Waals surface area contributed by atoms with Crippen LogP contribution in [0.15, 0.2) is 72.9 Å². The van der Waals surface area contributed by atoms with E-state index in [0.717, 1.165) is 73.3 Å². The van der Waals surface area contributed by atoms with Crippen molar-refractivity contribution in [3.63, 3.8) is 0 Å². The highest BCUT2D eigenvalue weighted by molar-refractivity contribution is 6.25. The second-order valence-electron chi connectivity index (χ2n) is 9.44. The third-order valence-electron chi connectivity index (χ3n) is 7.21. The SMILES string of the molecule is O=C1c2ccccc2-c2nccc3cc(OCCCCN4CCN(c5ccccc5F)CC4)cc1c23. The lowest BCUT2D eigenvalue weighted by Crippen LogP contribution is -2.46. The maximum Gasteiger partial charge on any atom is 0.194 e. The fraction of sp³-hybridized carbons (Fsp3) is 0.267. The van der Waals surface area contributed by atoms with Gasteiger partial charge >= 0.3 is 0 Å². The summed E-state index contributed by atoms with van der Waals surface area (Å²) in [7, 11) is 0. The van der Waals surface area contributed by atoms with E-state index in [1.54, 1.807) is 12.3 Å². The average Bonchev–Trinajstić information content (AvgIpc) is 2.92. The Morgan fingerprint density at radius 3 is 2.47 bits per heavy atom. The number of ether oxygens (including phenoxy) is 1. The van der Waals surface area contributed by atoms with Crippen LogP contribution in [0.25, 0.3) is 22.0 Å². The van der Waals surface area contributed by atoms with Gasteiger partial charge in [0.2, 0.25) is 0 Å². The second-order valence-corrected chi connectivity index (χ2v) is 9.44. The van der Waals surface area contributed by atoms with Gasteiger partial charge in [0.05, 0.1) is 18.0 Å². The lowest BCUT2D eigenvalue weighted by atomic mass is 9.85. The average molecular weight is 482 g/mol. The number of anilines is 1. The van der Waals surface area contributed by atoms with E-state index in [9.17, 15) is 9.18 Å². The van der Waals surface area contributed by atoms with Crippen molar-refractivity contribution >= 4 is 22.2 Å². The van der Waals surface area contributed by atoms with Gasteiger partial charge < -0.3 is 9.64 Å². The van der Waals surface area contributed by atoms with Crippen molar-refractivity contribution in [3.8, 4) is 17.0 Å². The quantitative estimate of drug-likeness (QED) is 0.285. The Morgan fingerprint density at radius 2 is 1.64 bits per heavy atom. The number of benzene rings is 3. The molecule has 0 amide bonds. The van der Waals surface area contributed by atoms with Crippen molar-refractivity contribution in [1.29, 1.82) is 0 Å². The first-order valence-electron chi connectivity index (χ1n) is 12.6. The molecule has 2 aliphatic rings. The standard InChI is InChI=1S/C30H28FN3O2/c31-26-9-3-4-10-27(26)34-16-14-33(15-17-34)13-5-6-18-36-22-19-21-11-12-32-29-23-7-1-2-8-24(23)30(35)25(20-22)28(21)29/h1-4,7-12,19-20H,5-6,13-18H2. The zero-order chi connectivity index (χ0) is 24.5. The summed E-state index contributed by atoms with van der Waals surface area (Å²) in [5, 5.41) is 1.88. The van der Waals surface area contributed by atoms with Crippen LogP contribution in [-0.2, 0) is 0 Å². The molecule has 1 fully saturated rings. The van der Waals surface area contributed by atoms with Gasteiger partial charge in [-0.15, -0.1) is 0 Å². The zero-order valence-corrected chi connectivity index (χ0v) is 20.1. The van der Waals surface area contributed by atoms with E-state index in [-0.39, 0.29) is 11.6 Å². The Labute approximate surface area is 210 Å². The number of rotatable bonds is 7. The Kier molecular flexibility index (Phi) is 6.11. The number of carbonyl (C=O) groups is 1. The molecule has 2 heterocycles. The van der Waals surface area contributed by atoms with Crippen molar-refractivity contribution in [2.24, 2.45) is 0 Å². The first-order valence-corrected chi connectivity index (χ1v) is 12.6. The second kappa shape index (κ2) is 9.70. The van der Waals surface area contributed by atoms with E-state index >= 15 is 0 Å². The number of aromatic nitrogens is 1. The summed E-state index contributed by atoms with van der Waals surface area (Å²) in [6, 6.07) is 20.5. The van der Waals surface area contributed by atoms with E-state index in [1.165, 1.54) is 6.07 Å². The Hall–Kier alpha value is -3.77. The van der Waals surface area contributed by atoms with E-state index in [1.807, 2.05) is 54.6 Å². The zero-order valence-electron chi connectivity index (χ0n) is 20.1. The molecule has 3 aromatic carbocycles. The number of hydrogen-bond donors (Lipinski definition) is 0. The molecular weight excluding hydrogens is 453 g/mol. The lowest BCUT2D eigenvalue weighted by Gasteiger charge is -2.36. The highest BCUT2D eigenvalue weighted by Crippen LogP contribution is 2.39. The van der Waals surface area contributed by atoms with E-state index < -0.39 is 0 Å². The van der Waals surface area contributed by atoms with Crippen LogP contribution in [0.5, 0.6) is 5.75 Å². The first-order chi connectivity index (χ1) is 17.7. The van der Waals surface area contributed by atoms with Crippen molar-refractivity contribution in [1.82, 2.24) is 9.88 Å². The van der Waals surface area contributed by atoms with Crippen LogP contribution in [-0.4, -0.2) is 55.0 Å². The van der Waals surface area contributed by atoms with Gasteiger partial charge in [0.15, 0.2) is 5.78 Å². The maximum atomic E-state index is 14.1. The molecule has 0 atom stereocenters. The number of para-hydroxylation sites is 1. The fourth-order valence-electron chi connectivity index (χ4n) is 5.34. The summed E-state index contributed by atoms with van der Waals surface area (Å²) in [6.07, 6.45) is 3.75. The fourth-order valence-corrected chi connectivity index (χ4v) is 5.34. The highest BCUT2D eigenvalue weighted by atomic mass is 19.1. The number of unbranched alkanes of at least 4 members (excludes halogenated alkanes) is 1. The van der Waals surface area contributed by atoms with Crippen molar-refractivity contribution in [2.45, 2.75) is 12.8 Å². The molecule has 5 nitrogen and oxygen atoms in total. The highest BCUT2D eigenvalue weighted by Gasteiger charge is 2.26. The van der Waals surface area contributed by atoms with Gasteiger partial charge in [-0.1, -0.05) is 36.4 Å². The van der Waals surface area contributed by atoms with Gasteiger partial charge in [0.1, 0.15) is 11.6 Å². The minimum atomic E-state index is -0.149. The van der Waals surface area contributed by atoms with E-state index in [0.29, 0.717) is 23.4 Å². The van der Waals surface area contributed by atoms with Crippen LogP contribution in [0.4, 0.5) is 10.1 Å². The number of carbonyl (C=O) groups excluding carboxylic acids is 1. The number of halogens is 1. The van der Waals surface area contributed by atoms with E-state index in [4.69, 9.17) is 4.74 Å². The molecule has 0 radical (unpaired) electrons. The van der Waals surface area contributed by atoms with Gasteiger partial charge in [0, 0.05) is 54.5 Å². The predicted molar refractivity (Wildman–Crippen MR) is 140 cm³/mol. The Morgan fingerprint density at radius 1 is 0.861 bits per heavy atom. The topological polar surface area (TPSA) is 45.7 Å². The Balaban J connectivity index is 1.04. The summed E-state index contributed by atoms with van der Waals surface area (Å²) in [5.41, 5.74) is 3.81. The minimum absolute atomic E-state index is 0.0241. The molecule has 182 valence electrons. The smallest absolute Gasteiger partial charge is 0.194 e. The van der Waals surface area contributed by atoms with E-state index in [2.05, 4.69) is 14.8 Å². The molecule has 1 aliphatic heterocycles. The number of hydrogen-bond acceptors (Lipinski definition) is 5. The monoisotopic (exact) mass is 481 g/mol. The predicted octanol–water partition coefficient (Wildman–Crippen LogP) is 5.57. The van der Waals surface area contributed by atoms with Crippen molar-refractivity contribution in [2.75, 3.05) is 44.2 Å². The summed E-state index contributed by atoms with van der Waals surface area (Å²) in [5.74, 6) is 0.598. The summed E-state index contributed by atoms with van der Waals surface area (Å²) in [4.78, 5) is 22.4. The molecule has 0 spiro atoms. The molecule has 0 unspecified atom stereocenters. The van der Waals surface area contributed by atoms with Crippen molar-refractivity contribution in [3.05, 3.63) is 89.9 Å². The minimum Gasteiger partial charge on any atom is -0.494 e. The van der Waals surface area contributed by atoms with Gasteiger partial charge in [-0.25, -0.2) is 4.39 Å². The van der Waals surface area contributed by atoms with Crippen LogP contribution < -0.4 is 9.64 Å². The molecule has 0 saturated carbocycles. The lowest BCUT2D eigenvalue weighted by molar-refractivity contribution is 0.103. The Bertz CT molecular complexity index is 1430. The maximum absolute atomic E-state index is 14.1. The normalized spacial score (nSPS) is 15.2. The van der Waals surface area contributed by atoms with Crippen LogP contribution in [0.1, 0.15) is 28.8 Å². The first kappa shape index (κ1) is 22.7. The molecule has 6 heteroatoms. The van der Waals surface area contributed by atoms with Gasteiger partial charge in [-0.3, -0.25) is 14.7 Å². The molecule has 36 heavy (non-hydrogen) atoms. The van der Waals surface area contributed by atoms with Crippen LogP contribution in [0.2, 0.25) is 0 Å². The van der Waals surface area contributed by atoms with Crippen molar-refractivity contribution < 1.29 is 13.9 Å².